The number of carboxylic acid groups (broad SMARTS) is 1. The van der Waals surface area contributed by atoms with Gasteiger partial charge in [-0.3, -0.25) is 9.78 Å². The van der Waals surface area contributed by atoms with Gasteiger partial charge in [0.15, 0.2) is 0 Å². The first-order valence-corrected chi connectivity index (χ1v) is 10.6. The van der Waals surface area contributed by atoms with Gasteiger partial charge in [-0.15, -0.1) is 0 Å². The summed E-state index contributed by atoms with van der Waals surface area (Å²) in [6, 6.07) is 14.8. The van der Waals surface area contributed by atoms with Crippen molar-refractivity contribution in [1.29, 1.82) is 0 Å². The number of carboxylic acids is 1. The van der Waals surface area contributed by atoms with Gasteiger partial charge in [0.2, 0.25) is 0 Å². The maximum atomic E-state index is 12.0. The Labute approximate surface area is 187 Å². The summed E-state index contributed by atoms with van der Waals surface area (Å²) in [6.07, 6.45) is 1.56. The number of benzene rings is 1. The number of halogens is 3. The number of nitrogens with one attached hydrogen (secondary N) is 2. The summed E-state index contributed by atoms with van der Waals surface area (Å²) in [7, 11) is 0. The molecule has 1 aliphatic heterocycles. The standard InChI is InChI=1S/C22H21N3O.C2HF3O2/c26-22-18-13-21(25-19(18)8-10-24-22)17-7-9-23-20(12-17)16-5-3-15(4-6-16)11-14-1-2-14;3-2(4,5)1(6)7/h3-7,9,12-14,25H,1-2,8,10-11H2,(H,24,26);(H,6,7). The molecule has 0 radical (unpaired) electrons. The van der Waals surface area contributed by atoms with Crippen molar-refractivity contribution in [1.82, 2.24) is 15.3 Å². The van der Waals surface area contributed by atoms with E-state index in [2.05, 4.69) is 45.6 Å². The molecule has 0 bridgehead atoms. The van der Waals surface area contributed by atoms with E-state index in [0.717, 1.165) is 46.1 Å². The van der Waals surface area contributed by atoms with E-state index < -0.39 is 12.1 Å². The van der Waals surface area contributed by atoms with Gasteiger partial charge >= 0.3 is 12.1 Å². The van der Waals surface area contributed by atoms with Crippen molar-refractivity contribution in [3.8, 4) is 22.5 Å². The summed E-state index contributed by atoms with van der Waals surface area (Å²) < 4.78 is 31.7. The van der Waals surface area contributed by atoms with Gasteiger partial charge in [-0.2, -0.15) is 13.2 Å². The summed E-state index contributed by atoms with van der Waals surface area (Å²) >= 11 is 0. The van der Waals surface area contributed by atoms with Gasteiger partial charge in [0.25, 0.3) is 5.91 Å². The SMILES string of the molecule is O=C(O)C(F)(F)F.O=C1NCCc2[nH]c(-c3ccnc(-c4ccc(CC5CC5)cc4)c3)cc21. The van der Waals surface area contributed by atoms with E-state index in [0.29, 0.717) is 6.54 Å². The summed E-state index contributed by atoms with van der Waals surface area (Å²) in [6.45, 7) is 0.695. The van der Waals surface area contributed by atoms with E-state index in [-0.39, 0.29) is 5.91 Å². The van der Waals surface area contributed by atoms with Crippen molar-refractivity contribution in [3.05, 3.63) is 65.5 Å². The highest BCUT2D eigenvalue weighted by Crippen LogP contribution is 2.33. The number of aromatic amines is 1. The van der Waals surface area contributed by atoms with Gasteiger partial charge in [-0.05, 0) is 48.9 Å². The topological polar surface area (TPSA) is 95.1 Å². The lowest BCUT2D eigenvalue weighted by Crippen LogP contribution is -2.31. The third-order valence-corrected chi connectivity index (χ3v) is 5.59. The van der Waals surface area contributed by atoms with Gasteiger partial charge in [0.1, 0.15) is 0 Å². The van der Waals surface area contributed by atoms with Crippen LogP contribution >= 0.6 is 0 Å². The molecule has 1 aliphatic carbocycles. The van der Waals surface area contributed by atoms with Gasteiger partial charge in [-0.1, -0.05) is 24.3 Å². The minimum absolute atomic E-state index is 0.00859. The molecule has 1 saturated carbocycles. The summed E-state index contributed by atoms with van der Waals surface area (Å²) in [5, 5.41) is 10.0. The van der Waals surface area contributed by atoms with E-state index >= 15 is 0 Å². The number of amides is 1. The predicted octanol–water partition coefficient (Wildman–Crippen LogP) is 4.62. The zero-order chi connectivity index (χ0) is 23.6. The maximum absolute atomic E-state index is 12.0. The van der Waals surface area contributed by atoms with Crippen LogP contribution in [-0.4, -0.2) is 39.7 Å². The van der Waals surface area contributed by atoms with E-state index in [4.69, 9.17) is 9.90 Å². The number of aromatic nitrogens is 2. The number of fused-ring (bicyclic) bond motifs is 1. The number of rotatable bonds is 4. The Morgan fingerprint density at radius 2 is 1.79 bits per heavy atom. The van der Waals surface area contributed by atoms with Gasteiger partial charge in [0.05, 0.1) is 11.3 Å². The molecule has 3 heterocycles. The van der Waals surface area contributed by atoms with E-state index in [9.17, 15) is 18.0 Å². The molecule has 6 nitrogen and oxygen atoms in total. The van der Waals surface area contributed by atoms with Crippen LogP contribution in [0.15, 0.2) is 48.7 Å². The van der Waals surface area contributed by atoms with Gasteiger partial charge in [-0.25, -0.2) is 4.79 Å². The average Bonchev–Trinajstić information content (AvgIpc) is 3.48. The Kier molecular flexibility index (Phi) is 6.22. The third kappa shape index (κ3) is 5.60. The zero-order valence-electron chi connectivity index (χ0n) is 17.6. The minimum Gasteiger partial charge on any atom is -0.475 e. The number of carbonyl (C=O) groups is 2. The highest BCUT2D eigenvalue weighted by Gasteiger charge is 2.38. The second-order valence-electron chi connectivity index (χ2n) is 8.16. The molecule has 33 heavy (non-hydrogen) atoms. The van der Waals surface area contributed by atoms with E-state index in [1.54, 1.807) is 0 Å². The Hall–Kier alpha value is -3.62. The first kappa shape index (κ1) is 22.6. The van der Waals surface area contributed by atoms with Crippen molar-refractivity contribution in [3.63, 3.8) is 0 Å². The molecule has 1 amide bonds. The van der Waals surface area contributed by atoms with Crippen LogP contribution in [0.25, 0.3) is 22.5 Å². The fourth-order valence-electron chi connectivity index (χ4n) is 3.67. The largest absolute Gasteiger partial charge is 0.490 e. The predicted molar refractivity (Wildman–Crippen MR) is 116 cm³/mol. The zero-order valence-corrected chi connectivity index (χ0v) is 17.6. The second kappa shape index (κ2) is 9.09. The molecule has 3 aromatic rings. The van der Waals surface area contributed by atoms with Crippen LogP contribution in [0.5, 0.6) is 0 Å². The van der Waals surface area contributed by atoms with Crippen LogP contribution in [0.2, 0.25) is 0 Å². The van der Waals surface area contributed by atoms with Crippen molar-refractivity contribution in [2.24, 2.45) is 5.92 Å². The number of H-pyrrole nitrogens is 1. The van der Waals surface area contributed by atoms with Crippen molar-refractivity contribution >= 4 is 11.9 Å². The fraction of sp³-hybridized carbons (Fsp3) is 0.292. The molecule has 0 saturated heterocycles. The second-order valence-corrected chi connectivity index (χ2v) is 8.16. The molecule has 1 aromatic carbocycles. The van der Waals surface area contributed by atoms with Crippen molar-refractivity contribution in [2.75, 3.05) is 6.54 Å². The molecular formula is C24H22F3N3O3. The molecule has 3 N–H and O–H groups in total. The first-order chi connectivity index (χ1) is 15.7. The van der Waals surface area contributed by atoms with Crippen LogP contribution in [0.1, 0.15) is 34.5 Å². The normalized spacial score (nSPS) is 15.2. The lowest BCUT2D eigenvalue weighted by Gasteiger charge is -2.11. The number of hydrogen-bond acceptors (Lipinski definition) is 3. The fourth-order valence-corrected chi connectivity index (χ4v) is 3.67. The Morgan fingerprint density at radius 1 is 1.09 bits per heavy atom. The lowest BCUT2D eigenvalue weighted by atomic mass is 10.0. The first-order valence-electron chi connectivity index (χ1n) is 10.6. The van der Waals surface area contributed by atoms with Gasteiger partial charge < -0.3 is 15.4 Å². The Balaban J connectivity index is 0.000000325. The molecule has 0 unspecified atom stereocenters. The summed E-state index contributed by atoms with van der Waals surface area (Å²) in [5.41, 5.74) is 7.30. The van der Waals surface area contributed by atoms with E-state index in [1.807, 2.05) is 18.3 Å². The third-order valence-electron chi connectivity index (χ3n) is 5.59. The Morgan fingerprint density at radius 3 is 2.39 bits per heavy atom. The number of hydrogen-bond donors (Lipinski definition) is 3. The van der Waals surface area contributed by atoms with E-state index in [1.165, 1.54) is 24.8 Å². The molecule has 172 valence electrons. The van der Waals surface area contributed by atoms with Gasteiger partial charge in [0, 0.05) is 41.7 Å². The summed E-state index contributed by atoms with van der Waals surface area (Å²) in [5.74, 6) is -1.85. The molecule has 5 rings (SSSR count). The minimum atomic E-state index is -5.08. The molecule has 1 fully saturated rings. The number of nitrogens with zero attached hydrogens (tertiary/aromatic N) is 1. The highest BCUT2D eigenvalue weighted by molar-refractivity contribution is 5.97. The smallest absolute Gasteiger partial charge is 0.475 e. The molecular weight excluding hydrogens is 435 g/mol. The molecule has 9 heteroatoms. The number of carbonyl (C=O) groups excluding carboxylic acids is 1. The lowest BCUT2D eigenvalue weighted by molar-refractivity contribution is -0.192. The van der Waals surface area contributed by atoms with Crippen LogP contribution in [-0.2, 0) is 17.6 Å². The molecule has 2 aromatic heterocycles. The number of pyridine rings is 1. The van der Waals surface area contributed by atoms with Crippen molar-refractivity contribution < 1.29 is 27.9 Å². The van der Waals surface area contributed by atoms with Crippen molar-refractivity contribution in [2.45, 2.75) is 31.9 Å². The van der Waals surface area contributed by atoms with Crippen LogP contribution in [0, 0.1) is 5.92 Å². The van der Waals surface area contributed by atoms with Crippen LogP contribution in [0.4, 0.5) is 13.2 Å². The number of alkyl halides is 3. The van der Waals surface area contributed by atoms with Crippen LogP contribution < -0.4 is 5.32 Å². The average molecular weight is 457 g/mol. The molecule has 2 aliphatic rings. The van der Waals surface area contributed by atoms with Crippen LogP contribution in [0.3, 0.4) is 0 Å². The summed E-state index contributed by atoms with van der Waals surface area (Å²) in [4.78, 5) is 28.8. The Bertz CT molecular complexity index is 1170. The monoisotopic (exact) mass is 457 g/mol. The quantitative estimate of drug-likeness (QED) is 0.533. The molecule has 0 atom stereocenters. The molecule has 0 spiro atoms. The highest BCUT2D eigenvalue weighted by atomic mass is 19.4. The maximum Gasteiger partial charge on any atom is 0.490 e. The number of aliphatic carboxylic acids is 1.